The first kappa shape index (κ1) is 15.4. The van der Waals surface area contributed by atoms with E-state index < -0.39 is 13.6 Å². The van der Waals surface area contributed by atoms with Crippen LogP contribution in [0.5, 0.6) is 0 Å². The highest BCUT2D eigenvalue weighted by Crippen LogP contribution is 2.48. The fourth-order valence-electron chi connectivity index (χ4n) is 1.09. The average Bonchev–Trinajstić information content (AvgIpc) is 2.17. The normalized spacial score (nSPS) is 12.8. The topological polar surface area (TPSA) is 72.8 Å². The van der Waals surface area contributed by atoms with Gasteiger partial charge < -0.3 is 14.2 Å². The molecule has 5 nitrogen and oxygen atoms in total. The lowest BCUT2D eigenvalue weighted by atomic mass is 10.2. The minimum absolute atomic E-state index is 0.208. The molecule has 0 radical (unpaired) electrons. The molecule has 94 valence electrons. The van der Waals surface area contributed by atoms with Crippen LogP contribution in [0.4, 0.5) is 0 Å². The summed E-state index contributed by atoms with van der Waals surface area (Å²) >= 11 is 0. The predicted molar refractivity (Wildman–Crippen MR) is 61.7 cm³/mol. The van der Waals surface area contributed by atoms with Crippen LogP contribution in [-0.4, -0.2) is 30.5 Å². The molecule has 0 aromatic carbocycles. The molecule has 0 rings (SSSR count). The molecule has 0 aliphatic rings. The van der Waals surface area contributed by atoms with Crippen LogP contribution in [0.2, 0.25) is 0 Å². The molecule has 16 heavy (non-hydrogen) atoms. The van der Waals surface area contributed by atoms with E-state index in [1.54, 1.807) is 13.8 Å². The summed E-state index contributed by atoms with van der Waals surface area (Å²) in [5.74, 6) is -0.970. The Kier molecular flexibility index (Phi) is 7.30. The number of allylic oxidation sites excluding steroid dienone is 1. The van der Waals surface area contributed by atoms with E-state index in [2.05, 4.69) is 0 Å². The molecular weight excluding hydrogens is 231 g/mol. The van der Waals surface area contributed by atoms with E-state index in [1.165, 1.54) is 13.0 Å². The molecule has 0 saturated heterocycles. The molecule has 0 spiro atoms. The van der Waals surface area contributed by atoms with Crippen LogP contribution in [-0.2, 0) is 18.4 Å². The molecule has 0 aromatic heterocycles. The largest absolute Gasteiger partial charge is 0.478 e. The number of aliphatic carboxylic acids is 1. The van der Waals surface area contributed by atoms with Crippen molar-refractivity contribution in [1.29, 1.82) is 0 Å². The molecule has 6 heteroatoms. The zero-order valence-corrected chi connectivity index (χ0v) is 10.8. The number of rotatable bonds is 8. The summed E-state index contributed by atoms with van der Waals surface area (Å²) in [7, 11) is -3.04. The van der Waals surface area contributed by atoms with Gasteiger partial charge in [-0.3, -0.25) is 4.57 Å². The Morgan fingerprint density at radius 2 is 1.81 bits per heavy atom. The molecule has 0 aromatic rings. The van der Waals surface area contributed by atoms with Gasteiger partial charge in [-0.25, -0.2) is 4.79 Å². The maximum atomic E-state index is 11.9. The minimum Gasteiger partial charge on any atom is -0.478 e. The molecule has 0 unspecified atom stereocenters. The van der Waals surface area contributed by atoms with Gasteiger partial charge in [0.1, 0.15) is 0 Å². The molecule has 0 amide bonds. The first-order valence-corrected chi connectivity index (χ1v) is 6.96. The third-order valence-corrected chi connectivity index (χ3v) is 3.95. The third kappa shape index (κ3) is 6.05. The van der Waals surface area contributed by atoms with Crippen LogP contribution < -0.4 is 0 Å². The fourth-order valence-corrected chi connectivity index (χ4v) is 2.65. The van der Waals surface area contributed by atoms with Gasteiger partial charge in [-0.05, 0) is 27.2 Å². The smallest absolute Gasteiger partial charge is 0.330 e. The second-order valence-corrected chi connectivity index (χ2v) is 5.34. The van der Waals surface area contributed by atoms with E-state index in [0.717, 1.165) is 0 Å². The molecule has 0 aliphatic heterocycles. The van der Waals surface area contributed by atoms with Gasteiger partial charge in [0.2, 0.25) is 0 Å². The zero-order valence-electron chi connectivity index (χ0n) is 9.93. The molecule has 0 atom stereocenters. The highest BCUT2D eigenvalue weighted by Gasteiger charge is 2.22. The number of carbonyl (C=O) groups is 1. The third-order valence-electron chi connectivity index (χ3n) is 1.84. The van der Waals surface area contributed by atoms with Gasteiger partial charge in [-0.1, -0.05) is 6.08 Å². The van der Waals surface area contributed by atoms with Crippen LogP contribution in [0, 0.1) is 0 Å². The summed E-state index contributed by atoms with van der Waals surface area (Å²) in [5, 5.41) is 8.62. The SMILES string of the molecule is CCOP(=O)(CCC=C(C)C(=O)O)OCC. The summed E-state index contributed by atoms with van der Waals surface area (Å²) in [6.07, 6.45) is 2.10. The lowest BCUT2D eigenvalue weighted by Gasteiger charge is -2.15. The zero-order chi connectivity index (χ0) is 12.6. The van der Waals surface area contributed by atoms with Crippen LogP contribution in [0.25, 0.3) is 0 Å². The quantitative estimate of drug-likeness (QED) is 0.529. The molecule has 1 N–H and O–H groups in total. The van der Waals surface area contributed by atoms with E-state index in [9.17, 15) is 9.36 Å². The van der Waals surface area contributed by atoms with Gasteiger partial charge >= 0.3 is 13.6 Å². The van der Waals surface area contributed by atoms with Gasteiger partial charge in [0.15, 0.2) is 0 Å². The molecular formula is C10H19O5P. The highest BCUT2D eigenvalue weighted by atomic mass is 31.2. The van der Waals surface area contributed by atoms with Crippen molar-refractivity contribution in [2.45, 2.75) is 27.2 Å². The van der Waals surface area contributed by atoms with E-state index >= 15 is 0 Å². The Balaban J connectivity index is 4.28. The summed E-state index contributed by atoms with van der Waals surface area (Å²) in [5.41, 5.74) is 0.236. The van der Waals surface area contributed by atoms with Gasteiger partial charge in [0.25, 0.3) is 0 Å². The first-order valence-electron chi connectivity index (χ1n) is 5.23. The number of carboxylic acids is 1. The summed E-state index contributed by atoms with van der Waals surface area (Å²) < 4.78 is 22.1. The van der Waals surface area contributed by atoms with Crippen LogP contribution in [0.15, 0.2) is 11.6 Å². The number of carboxylic acid groups (broad SMARTS) is 1. The van der Waals surface area contributed by atoms with Crippen molar-refractivity contribution in [2.24, 2.45) is 0 Å². The lowest BCUT2D eigenvalue weighted by Crippen LogP contribution is -2.01. The van der Waals surface area contributed by atoms with Crippen LogP contribution in [0.1, 0.15) is 27.2 Å². The van der Waals surface area contributed by atoms with Gasteiger partial charge in [-0.2, -0.15) is 0 Å². The Hall–Kier alpha value is -0.640. The molecule has 0 fully saturated rings. The second kappa shape index (κ2) is 7.60. The molecule has 0 bridgehead atoms. The van der Waals surface area contributed by atoms with Crippen LogP contribution >= 0.6 is 7.60 Å². The Bertz CT molecular complexity index is 288. The van der Waals surface area contributed by atoms with E-state index in [-0.39, 0.29) is 11.7 Å². The Morgan fingerprint density at radius 3 is 2.19 bits per heavy atom. The van der Waals surface area contributed by atoms with Crippen LogP contribution in [0.3, 0.4) is 0 Å². The van der Waals surface area contributed by atoms with Gasteiger partial charge in [0, 0.05) is 5.57 Å². The summed E-state index contributed by atoms with van der Waals surface area (Å²) in [6, 6.07) is 0. The van der Waals surface area contributed by atoms with E-state index in [4.69, 9.17) is 14.2 Å². The van der Waals surface area contributed by atoms with Crippen molar-refractivity contribution in [1.82, 2.24) is 0 Å². The number of hydrogen-bond donors (Lipinski definition) is 1. The molecule has 0 heterocycles. The predicted octanol–water partition coefficient (Wildman–Crippen LogP) is 2.67. The molecule has 0 saturated carbocycles. The standard InChI is InChI=1S/C10H19O5P/c1-4-14-16(13,15-5-2)8-6-7-9(3)10(11)12/h7H,4-6,8H2,1-3H3,(H,11,12). The van der Waals surface area contributed by atoms with Gasteiger partial charge in [0.05, 0.1) is 19.4 Å². The van der Waals surface area contributed by atoms with Gasteiger partial charge in [-0.15, -0.1) is 0 Å². The number of hydrogen-bond acceptors (Lipinski definition) is 4. The van der Waals surface area contributed by atoms with Crippen molar-refractivity contribution >= 4 is 13.6 Å². The van der Waals surface area contributed by atoms with E-state index in [0.29, 0.717) is 19.6 Å². The van der Waals surface area contributed by atoms with Crippen molar-refractivity contribution in [3.63, 3.8) is 0 Å². The van der Waals surface area contributed by atoms with E-state index in [1.807, 2.05) is 0 Å². The minimum atomic E-state index is -3.04. The first-order chi connectivity index (χ1) is 7.45. The van der Waals surface area contributed by atoms with Crippen molar-refractivity contribution < 1.29 is 23.5 Å². The Labute approximate surface area is 96.0 Å². The average molecular weight is 250 g/mol. The maximum Gasteiger partial charge on any atom is 0.330 e. The van der Waals surface area contributed by atoms with Crippen molar-refractivity contribution in [2.75, 3.05) is 19.4 Å². The van der Waals surface area contributed by atoms with Crippen molar-refractivity contribution in [3.05, 3.63) is 11.6 Å². The molecule has 0 aliphatic carbocycles. The lowest BCUT2D eigenvalue weighted by molar-refractivity contribution is -0.132. The van der Waals surface area contributed by atoms with Crippen molar-refractivity contribution in [3.8, 4) is 0 Å². The summed E-state index contributed by atoms with van der Waals surface area (Å²) in [4.78, 5) is 10.5. The fraction of sp³-hybridized carbons (Fsp3) is 0.700. The second-order valence-electron chi connectivity index (χ2n) is 3.15. The maximum absolute atomic E-state index is 11.9. The Morgan fingerprint density at radius 1 is 1.31 bits per heavy atom. The summed E-state index contributed by atoms with van der Waals surface area (Å²) in [6.45, 7) is 5.61. The highest BCUT2D eigenvalue weighted by molar-refractivity contribution is 7.53. The monoisotopic (exact) mass is 250 g/mol.